The highest BCUT2D eigenvalue weighted by Crippen LogP contribution is 2.21. The molecule has 0 saturated heterocycles. The van der Waals surface area contributed by atoms with E-state index in [0.29, 0.717) is 18.1 Å². The molecule has 3 aromatic rings. The van der Waals surface area contributed by atoms with Crippen molar-refractivity contribution < 1.29 is 9.53 Å². The van der Waals surface area contributed by atoms with Crippen LogP contribution in [0.15, 0.2) is 60.9 Å². The molecule has 0 unspecified atom stereocenters. The predicted molar refractivity (Wildman–Crippen MR) is 86.8 cm³/mol. The first-order valence-electron chi connectivity index (χ1n) is 7.29. The summed E-state index contributed by atoms with van der Waals surface area (Å²) in [5.74, 6) is 1.74. The van der Waals surface area contributed by atoms with E-state index in [-0.39, 0.29) is 5.91 Å². The van der Waals surface area contributed by atoms with E-state index in [2.05, 4.69) is 15.5 Å². The van der Waals surface area contributed by atoms with Crippen LogP contribution in [0, 0.1) is 0 Å². The van der Waals surface area contributed by atoms with Gasteiger partial charge in [0, 0.05) is 30.6 Å². The molecule has 1 aromatic carbocycles. The summed E-state index contributed by atoms with van der Waals surface area (Å²) in [6.07, 6.45) is 4.24. The van der Waals surface area contributed by atoms with E-state index < -0.39 is 0 Å². The summed E-state index contributed by atoms with van der Waals surface area (Å²) in [5, 5.41) is 10.9. The molecule has 0 atom stereocenters. The van der Waals surface area contributed by atoms with Crippen molar-refractivity contribution in [2.24, 2.45) is 0 Å². The summed E-state index contributed by atoms with van der Waals surface area (Å²) in [7, 11) is 0. The number of hydrogen-bond acceptors (Lipinski definition) is 4. The number of nitrogens with zero attached hydrogens (tertiary/aromatic N) is 3. The van der Waals surface area contributed by atoms with Crippen molar-refractivity contribution in [1.82, 2.24) is 14.8 Å². The van der Waals surface area contributed by atoms with Crippen LogP contribution >= 0.6 is 0 Å². The third-order valence-electron chi connectivity index (χ3n) is 3.18. The van der Waals surface area contributed by atoms with Crippen molar-refractivity contribution in [3.63, 3.8) is 0 Å². The Morgan fingerprint density at radius 3 is 2.43 bits per heavy atom. The first-order valence-corrected chi connectivity index (χ1v) is 7.29. The SMILES string of the molecule is CCC(=O)Nc1ccc(Oc2ccc(-n3cccc3)nn2)cc1. The highest BCUT2D eigenvalue weighted by Gasteiger charge is 2.03. The molecule has 23 heavy (non-hydrogen) atoms. The lowest BCUT2D eigenvalue weighted by molar-refractivity contribution is -0.115. The highest BCUT2D eigenvalue weighted by molar-refractivity contribution is 5.90. The number of amides is 1. The highest BCUT2D eigenvalue weighted by atomic mass is 16.5. The average molecular weight is 308 g/mol. The maximum Gasteiger partial charge on any atom is 0.238 e. The second-order valence-electron chi connectivity index (χ2n) is 4.85. The number of carbonyl (C=O) groups is 1. The second-order valence-corrected chi connectivity index (χ2v) is 4.85. The van der Waals surface area contributed by atoms with Gasteiger partial charge in [-0.3, -0.25) is 4.79 Å². The Balaban J connectivity index is 1.66. The normalized spacial score (nSPS) is 10.3. The largest absolute Gasteiger partial charge is 0.438 e. The topological polar surface area (TPSA) is 69.0 Å². The fourth-order valence-corrected chi connectivity index (χ4v) is 1.97. The van der Waals surface area contributed by atoms with Crippen LogP contribution in [-0.2, 0) is 4.79 Å². The van der Waals surface area contributed by atoms with Crippen LogP contribution in [-0.4, -0.2) is 20.7 Å². The molecule has 3 rings (SSSR count). The molecule has 0 fully saturated rings. The number of benzene rings is 1. The van der Waals surface area contributed by atoms with E-state index in [1.54, 1.807) is 30.3 Å². The quantitative estimate of drug-likeness (QED) is 0.784. The third kappa shape index (κ3) is 3.74. The summed E-state index contributed by atoms with van der Waals surface area (Å²) in [6.45, 7) is 1.81. The molecule has 1 amide bonds. The van der Waals surface area contributed by atoms with Crippen LogP contribution in [0.1, 0.15) is 13.3 Å². The fourth-order valence-electron chi connectivity index (χ4n) is 1.97. The number of hydrogen-bond donors (Lipinski definition) is 1. The van der Waals surface area contributed by atoms with E-state index in [1.807, 2.05) is 42.1 Å². The Bertz CT molecular complexity index is 765. The lowest BCUT2D eigenvalue weighted by atomic mass is 10.3. The lowest BCUT2D eigenvalue weighted by Crippen LogP contribution is -2.09. The molecule has 1 N–H and O–H groups in total. The van der Waals surface area contributed by atoms with Crippen LogP contribution in [0.5, 0.6) is 11.6 Å². The Labute approximate surface area is 133 Å². The van der Waals surface area contributed by atoms with Crippen LogP contribution in [0.2, 0.25) is 0 Å². The summed E-state index contributed by atoms with van der Waals surface area (Å²) >= 11 is 0. The van der Waals surface area contributed by atoms with Gasteiger partial charge < -0.3 is 14.6 Å². The Hall–Kier alpha value is -3.15. The van der Waals surface area contributed by atoms with Crippen molar-refractivity contribution >= 4 is 11.6 Å². The number of ether oxygens (including phenoxy) is 1. The second kappa shape index (κ2) is 6.74. The molecule has 6 heteroatoms. The van der Waals surface area contributed by atoms with Gasteiger partial charge in [-0.2, -0.15) is 0 Å². The van der Waals surface area contributed by atoms with Gasteiger partial charge in [-0.15, -0.1) is 10.2 Å². The summed E-state index contributed by atoms with van der Waals surface area (Å²) in [6, 6.07) is 14.5. The minimum Gasteiger partial charge on any atom is -0.438 e. The van der Waals surface area contributed by atoms with E-state index >= 15 is 0 Å². The first kappa shape index (κ1) is 14.8. The predicted octanol–water partition coefficient (Wildman–Crippen LogP) is 3.41. The zero-order valence-corrected chi connectivity index (χ0v) is 12.6. The standard InChI is InChI=1S/C17H16N4O2/c1-2-16(22)18-13-5-7-14(8-6-13)23-17-10-9-15(19-20-17)21-11-3-4-12-21/h3-12H,2H2,1H3,(H,18,22). The first-order chi connectivity index (χ1) is 11.2. The number of aromatic nitrogens is 3. The van der Waals surface area contributed by atoms with Crippen LogP contribution in [0.4, 0.5) is 5.69 Å². The molecule has 0 bridgehead atoms. The maximum absolute atomic E-state index is 11.3. The molecule has 2 heterocycles. The zero-order valence-electron chi connectivity index (χ0n) is 12.6. The summed E-state index contributed by atoms with van der Waals surface area (Å²) in [5.41, 5.74) is 0.734. The molecule has 2 aromatic heterocycles. The lowest BCUT2D eigenvalue weighted by Gasteiger charge is -2.07. The molecular weight excluding hydrogens is 292 g/mol. The Kier molecular flexibility index (Phi) is 4.33. The summed E-state index contributed by atoms with van der Waals surface area (Å²) < 4.78 is 7.50. The Morgan fingerprint density at radius 1 is 1.09 bits per heavy atom. The van der Waals surface area contributed by atoms with Crippen LogP contribution in [0.25, 0.3) is 5.82 Å². The molecule has 0 spiro atoms. The molecule has 0 aliphatic carbocycles. The van der Waals surface area contributed by atoms with Gasteiger partial charge in [-0.1, -0.05) is 6.92 Å². The zero-order chi connectivity index (χ0) is 16.1. The van der Waals surface area contributed by atoms with Gasteiger partial charge in [-0.25, -0.2) is 0 Å². The Morgan fingerprint density at radius 2 is 1.83 bits per heavy atom. The van der Waals surface area contributed by atoms with Gasteiger partial charge >= 0.3 is 0 Å². The van der Waals surface area contributed by atoms with Gasteiger partial charge in [0.15, 0.2) is 5.82 Å². The number of nitrogens with one attached hydrogen (secondary N) is 1. The molecule has 116 valence electrons. The van der Waals surface area contributed by atoms with Gasteiger partial charge in [-0.05, 0) is 42.5 Å². The van der Waals surface area contributed by atoms with Gasteiger partial charge in [0.25, 0.3) is 0 Å². The molecule has 0 aliphatic heterocycles. The van der Waals surface area contributed by atoms with E-state index in [4.69, 9.17) is 4.74 Å². The smallest absolute Gasteiger partial charge is 0.238 e. The minimum absolute atomic E-state index is 0.0230. The fraction of sp³-hybridized carbons (Fsp3) is 0.118. The van der Waals surface area contributed by atoms with E-state index in [0.717, 1.165) is 11.5 Å². The molecular formula is C17H16N4O2. The van der Waals surface area contributed by atoms with Gasteiger partial charge in [0.05, 0.1) is 0 Å². The maximum atomic E-state index is 11.3. The molecule has 6 nitrogen and oxygen atoms in total. The van der Waals surface area contributed by atoms with E-state index in [9.17, 15) is 4.79 Å². The van der Waals surface area contributed by atoms with Gasteiger partial charge in [0.2, 0.25) is 11.8 Å². The number of rotatable bonds is 5. The van der Waals surface area contributed by atoms with Crippen molar-refractivity contribution in [1.29, 1.82) is 0 Å². The molecule has 0 saturated carbocycles. The van der Waals surface area contributed by atoms with Crippen LogP contribution in [0.3, 0.4) is 0 Å². The average Bonchev–Trinajstić information content (AvgIpc) is 3.12. The molecule has 0 radical (unpaired) electrons. The number of carbonyl (C=O) groups excluding carboxylic acids is 1. The van der Waals surface area contributed by atoms with Crippen LogP contribution < -0.4 is 10.1 Å². The van der Waals surface area contributed by atoms with Crippen molar-refractivity contribution in [2.75, 3.05) is 5.32 Å². The monoisotopic (exact) mass is 308 g/mol. The summed E-state index contributed by atoms with van der Waals surface area (Å²) in [4.78, 5) is 11.3. The third-order valence-corrected chi connectivity index (χ3v) is 3.18. The van der Waals surface area contributed by atoms with Gasteiger partial charge in [0.1, 0.15) is 5.75 Å². The molecule has 0 aliphatic rings. The number of anilines is 1. The van der Waals surface area contributed by atoms with E-state index in [1.165, 1.54) is 0 Å². The minimum atomic E-state index is -0.0230. The van der Waals surface area contributed by atoms with Crippen molar-refractivity contribution in [3.05, 3.63) is 60.9 Å². The van der Waals surface area contributed by atoms with Crippen molar-refractivity contribution in [2.45, 2.75) is 13.3 Å². The van der Waals surface area contributed by atoms with Crippen molar-refractivity contribution in [3.8, 4) is 17.4 Å².